The van der Waals surface area contributed by atoms with Crippen molar-refractivity contribution in [2.24, 2.45) is 0 Å². The number of alkyl halides is 6. The van der Waals surface area contributed by atoms with Crippen LogP contribution in [0.1, 0.15) is 0 Å². The van der Waals surface area contributed by atoms with Crippen LogP contribution in [0.25, 0.3) is 0 Å². The molecule has 0 saturated heterocycles. The van der Waals surface area contributed by atoms with Crippen LogP contribution in [0, 0.1) is 0 Å². The first kappa shape index (κ1) is 24.7. The molecule has 0 aromatic heterocycles. The van der Waals surface area contributed by atoms with Crippen molar-refractivity contribution in [1.29, 1.82) is 0 Å². The van der Waals surface area contributed by atoms with E-state index in [9.17, 15) is 26.3 Å². The van der Waals surface area contributed by atoms with Crippen molar-refractivity contribution < 1.29 is 63.2 Å². The molecule has 0 fully saturated rings. The van der Waals surface area contributed by atoms with Gasteiger partial charge in [-0.25, -0.2) is 9.59 Å². The number of aliphatic carboxylic acids is 2. The van der Waals surface area contributed by atoms with Crippen LogP contribution in [-0.2, 0) is 26.7 Å². The molecule has 16 heavy (non-hydrogen) atoms. The Morgan fingerprint density at radius 3 is 0.812 bits per heavy atom. The summed E-state index contributed by atoms with van der Waals surface area (Å²) in [6.07, 6.45) is -10.2. The second kappa shape index (κ2) is 8.65. The predicted octanol–water partition coefficient (Wildman–Crippen LogP) is 1.84. The maximum atomic E-state index is 10.6. The molecule has 0 aromatic rings. The summed E-state index contributed by atoms with van der Waals surface area (Å²) in [7, 11) is 0. The van der Waals surface area contributed by atoms with Crippen molar-refractivity contribution in [3.05, 3.63) is 0 Å². The first-order chi connectivity index (χ1) is 5.89. The van der Waals surface area contributed by atoms with Gasteiger partial charge >= 0.3 is 24.3 Å². The summed E-state index contributed by atoms with van der Waals surface area (Å²) in [5.74, 6) is -5.51. The minimum Gasteiger partial charge on any atom is -0.475 e. The number of halogens is 7. The first-order valence-corrected chi connectivity index (χ1v) is 2.49. The monoisotopic (exact) mass is 371 g/mol. The second-order valence-corrected chi connectivity index (χ2v) is 1.61. The normalized spacial score (nSPS) is 9.88. The van der Waals surface area contributed by atoms with Crippen LogP contribution in [-0.4, -0.2) is 34.5 Å². The first-order valence-electron chi connectivity index (χ1n) is 2.49. The van der Waals surface area contributed by atoms with Gasteiger partial charge in [0.05, 0.1) is 0 Å². The van der Waals surface area contributed by atoms with Gasteiger partial charge in [0.25, 0.3) is 0 Å². The fraction of sp³-hybridized carbons (Fsp3) is 0.500. The Kier molecular flexibility index (Phi) is 13.3. The summed E-state index contributed by atoms with van der Waals surface area (Å²) in [5, 5.41) is 14.2. The molecule has 0 unspecified atom stereocenters. The molecule has 0 rings (SSSR count). The molecule has 0 saturated carbocycles. The minimum absolute atomic E-state index is 0. The molecule has 0 aromatic carbocycles. The maximum absolute atomic E-state index is 10.6. The van der Waals surface area contributed by atoms with Gasteiger partial charge in [0.2, 0.25) is 0 Å². The molecule has 0 aliphatic heterocycles. The molecule has 0 amide bonds. The summed E-state index contributed by atoms with van der Waals surface area (Å²) in [4.78, 5) is 17.8. The molecule has 103 valence electrons. The van der Waals surface area contributed by atoms with E-state index in [-0.39, 0.29) is 34.1 Å². The van der Waals surface area contributed by atoms with Crippen molar-refractivity contribution in [2.45, 2.75) is 12.4 Å². The Labute approximate surface area is 105 Å². The maximum Gasteiger partial charge on any atom is 0.490 e. The number of hydrogen-bond acceptors (Lipinski definition) is 2. The van der Waals surface area contributed by atoms with Gasteiger partial charge in [-0.2, -0.15) is 26.3 Å². The zero-order chi connectivity index (χ0) is 12.2. The predicted molar refractivity (Wildman–Crippen MR) is 37.7 cm³/mol. The fourth-order valence-corrected chi connectivity index (χ4v) is 0. The molecular formula is C4H3BrCuF6O4. The quantitative estimate of drug-likeness (QED) is 0.503. The molecule has 0 atom stereocenters. The van der Waals surface area contributed by atoms with Gasteiger partial charge in [-0.05, 0) is 0 Å². The molecule has 0 spiro atoms. The zero-order valence-corrected chi connectivity index (χ0v) is 9.34. The molecule has 0 bridgehead atoms. The summed E-state index contributed by atoms with van der Waals surface area (Å²) < 4.78 is 63.5. The van der Waals surface area contributed by atoms with Gasteiger partial charge in [0.1, 0.15) is 0 Å². The molecule has 0 aliphatic carbocycles. The summed E-state index contributed by atoms with van der Waals surface area (Å²) in [6.45, 7) is 0. The van der Waals surface area contributed by atoms with Crippen LogP contribution in [0.15, 0.2) is 0 Å². The number of carboxylic acids is 2. The standard InChI is InChI=1S/2C2HF3O2.BrH.Cu/c2*3-2(4,5)1(6)7;;/h2*(H,6,7);1H;. The van der Waals surface area contributed by atoms with Gasteiger partial charge in [-0.3, -0.25) is 0 Å². The Balaban J connectivity index is -0.0000000800. The van der Waals surface area contributed by atoms with E-state index >= 15 is 0 Å². The largest absolute Gasteiger partial charge is 0.490 e. The number of carboxylic acid groups (broad SMARTS) is 2. The number of hydrogen-bond donors (Lipinski definition) is 2. The van der Waals surface area contributed by atoms with Crippen LogP contribution in [0.3, 0.4) is 0 Å². The van der Waals surface area contributed by atoms with Gasteiger partial charge in [-0.15, -0.1) is 17.0 Å². The second-order valence-electron chi connectivity index (χ2n) is 1.61. The van der Waals surface area contributed by atoms with Gasteiger partial charge in [0, 0.05) is 17.1 Å². The molecule has 1 radical (unpaired) electrons. The van der Waals surface area contributed by atoms with Crippen molar-refractivity contribution in [1.82, 2.24) is 0 Å². The van der Waals surface area contributed by atoms with E-state index < -0.39 is 24.3 Å². The van der Waals surface area contributed by atoms with Crippen LogP contribution < -0.4 is 0 Å². The number of rotatable bonds is 0. The van der Waals surface area contributed by atoms with E-state index in [1.54, 1.807) is 0 Å². The van der Waals surface area contributed by atoms with Crippen LogP contribution in [0.5, 0.6) is 0 Å². The topological polar surface area (TPSA) is 74.6 Å². The van der Waals surface area contributed by atoms with E-state index in [0.717, 1.165) is 0 Å². The molecule has 0 aliphatic rings. The van der Waals surface area contributed by atoms with Crippen LogP contribution in [0.4, 0.5) is 26.3 Å². The average molecular weight is 373 g/mol. The summed E-state index contributed by atoms with van der Waals surface area (Å²) in [6, 6.07) is 0. The molecular weight excluding hydrogens is 369 g/mol. The van der Waals surface area contributed by atoms with Gasteiger partial charge < -0.3 is 10.2 Å². The van der Waals surface area contributed by atoms with Gasteiger partial charge in [-0.1, -0.05) is 0 Å². The molecule has 12 heteroatoms. The Morgan fingerprint density at radius 1 is 0.750 bits per heavy atom. The van der Waals surface area contributed by atoms with Crippen molar-refractivity contribution in [3.8, 4) is 0 Å². The SMILES string of the molecule is Br.O=C(O)C(F)(F)F.O=C(O)C(F)(F)F.[Cu]. The fourth-order valence-electron chi connectivity index (χ4n) is 0. The van der Waals surface area contributed by atoms with E-state index in [1.165, 1.54) is 0 Å². The van der Waals surface area contributed by atoms with E-state index in [4.69, 9.17) is 19.8 Å². The minimum atomic E-state index is -5.08. The third-order valence-corrected chi connectivity index (χ3v) is 0.485. The van der Waals surface area contributed by atoms with Crippen molar-refractivity contribution in [2.75, 3.05) is 0 Å². The number of carbonyl (C=O) groups is 2. The van der Waals surface area contributed by atoms with E-state index in [2.05, 4.69) is 0 Å². The Hall–Kier alpha value is -0.481. The Bertz CT molecular complexity index is 202. The van der Waals surface area contributed by atoms with Crippen molar-refractivity contribution >= 4 is 28.9 Å². The third-order valence-electron chi connectivity index (χ3n) is 0.485. The zero-order valence-electron chi connectivity index (χ0n) is 6.69. The smallest absolute Gasteiger partial charge is 0.475 e. The van der Waals surface area contributed by atoms with E-state index in [0.29, 0.717) is 0 Å². The van der Waals surface area contributed by atoms with Gasteiger partial charge in [0.15, 0.2) is 0 Å². The Morgan fingerprint density at radius 2 is 0.812 bits per heavy atom. The van der Waals surface area contributed by atoms with Crippen LogP contribution in [0.2, 0.25) is 0 Å². The van der Waals surface area contributed by atoms with Crippen LogP contribution >= 0.6 is 17.0 Å². The summed E-state index contributed by atoms with van der Waals surface area (Å²) >= 11 is 0. The van der Waals surface area contributed by atoms with Crippen molar-refractivity contribution in [3.63, 3.8) is 0 Å². The molecule has 4 nitrogen and oxygen atoms in total. The average Bonchev–Trinajstić information content (AvgIpc) is 1.83. The van der Waals surface area contributed by atoms with E-state index in [1.807, 2.05) is 0 Å². The molecule has 0 heterocycles. The molecule has 2 N–H and O–H groups in total. The third kappa shape index (κ3) is 16.0. The summed E-state index contributed by atoms with van der Waals surface area (Å²) in [5.41, 5.74) is 0.